The molecule has 0 atom stereocenters. The van der Waals surface area contributed by atoms with Crippen LogP contribution in [-0.4, -0.2) is 31.4 Å². The lowest BCUT2D eigenvalue weighted by Crippen LogP contribution is -2.30. The second kappa shape index (κ2) is 5.52. The maximum atomic E-state index is 9.46. The topological polar surface area (TPSA) is 32.7 Å². The van der Waals surface area contributed by atoms with Gasteiger partial charge >= 0.3 is 0 Å². The van der Waals surface area contributed by atoms with Gasteiger partial charge in [0.2, 0.25) is 0 Å². The van der Waals surface area contributed by atoms with Gasteiger partial charge in [0.05, 0.1) is 13.2 Å². The first-order chi connectivity index (χ1) is 8.26. The fourth-order valence-corrected chi connectivity index (χ4v) is 2.20. The summed E-state index contributed by atoms with van der Waals surface area (Å²) < 4.78 is 5.16. The Kier molecular flexibility index (Phi) is 4.02. The first-order valence-corrected chi connectivity index (χ1v) is 6.22. The van der Waals surface area contributed by atoms with E-state index in [4.69, 9.17) is 4.74 Å². The van der Waals surface area contributed by atoms with Crippen molar-refractivity contribution < 1.29 is 9.84 Å². The molecular weight excluding hydrogens is 214 g/mol. The van der Waals surface area contributed by atoms with Crippen molar-refractivity contribution in [1.29, 1.82) is 0 Å². The highest BCUT2D eigenvalue weighted by atomic mass is 16.5. The number of methoxy groups -OCH3 is 1. The molecule has 1 fully saturated rings. The van der Waals surface area contributed by atoms with Gasteiger partial charge in [0.15, 0.2) is 0 Å². The molecule has 0 spiro atoms. The number of benzene rings is 1. The Morgan fingerprint density at radius 2 is 2.18 bits per heavy atom. The van der Waals surface area contributed by atoms with Gasteiger partial charge in [-0.25, -0.2) is 0 Å². The van der Waals surface area contributed by atoms with Gasteiger partial charge in [0.1, 0.15) is 0 Å². The number of hydrogen-bond acceptors (Lipinski definition) is 3. The van der Waals surface area contributed by atoms with E-state index in [1.165, 1.54) is 18.4 Å². The molecule has 2 rings (SSSR count). The van der Waals surface area contributed by atoms with Crippen LogP contribution in [0.5, 0.6) is 0 Å². The van der Waals surface area contributed by atoms with Crippen LogP contribution in [-0.2, 0) is 11.3 Å². The van der Waals surface area contributed by atoms with E-state index in [-0.39, 0.29) is 6.61 Å². The summed E-state index contributed by atoms with van der Waals surface area (Å²) in [5.74, 6) is 0. The normalized spacial score (nSPS) is 15.0. The molecular formula is C14H21NO2. The van der Waals surface area contributed by atoms with Gasteiger partial charge in [0, 0.05) is 30.9 Å². The average molecular weight is 235 g/mol. The minimum atomic E-state index is 0.104. The van der Waals surface area contributed by atoms with Crippen LogP contribution in [0.1, 0.15) is 24.0 Å². The third-order valence-corrected chi connectivity index (χ3v) is 3.24. The molecule has 3 heteroatoms. The van der Waals surface area contributed by atoms with Crippen molar-refractivity contribution in [3.63, 3.8) is 0 Å². The number of aliphatic hydroxyl groups is 1. The summed E-state index contributed by atoms with van der Waals surface area (Å²) in [6.45, 7) is 3.79. The van der Waals surface area contributed by atoms with Gasteiger partial charge in [-0.05, 0) is 25.8 Å². The molecule has 1 N–H and O–H groups in total. The van der Waals surface area contributed by atoms with E-state index < -0.39 is 0 Å². The van der Waals surface area contributed by atoms with E-state index in [0.29, 0.717) is 6.04 Å². The van der Waals surface area contributed by atoms with E-state index >= 15 is 0 Å². The van der Waals surface area contributed by atoms with Gasteiger partial charge < -0.3 is 14.7 Å². The molecule has 0 aliphatic heterocycles. The van der Waals surface area contributed by atoms with Gasteiger partial charge in [-0.15, -0.1) is 0 Å². The summed E-state index contributed by atoms with van der Waals surface area (Å²) in [5, 5.41) is 9.46. The molecule has 0 saturated heterocycles. The largest absolute Gasteiger partial charge is 0.392 e. The second-order valence-electron chi connectivity index (χ2n) is 4.71. The Labute approximate surface area is 103 Å². The highest BCUT2D eigenvalue weighted by Gasteiger charge is 2.29. The molecule has 0 radical (unpaired) electrons. The third-order valence-electron chi connectivity index (χ3n) is 3.24. The summed E-state index contributed by atoms with van der Waals surface area (Å²) in [5.41, 5.74) is 3.38. The van der Waals surface area contributed by atoms with E-state index in [2.05, 4.69) is 30.0 Å². The van der Waals surface area contributed by atoms with Gasteiger partial charge in [0.25, 0.3) is 0 Å². The molecule has 17 heavy (non-hydrogen) atoms. The summed E-state index contributed by atoms with van der Waals surface area (Å²) in [6.07, 6.45) is 2.50. The van der Waals surface area contributed by atoms with Gasteiger partial charge in [-0.1, -0.05) is 17.7 Å². The summed E-state index contributed by atoms with van der Waals surface area (Å²) >= 11 is 0. The molecule has 1 saturated carbocycles. The maximum Gasteiger partial charge on any atom is 0.0702 e. The molecule has 0 aromatic heterocycles. The van der Waals surface area contributed by atoms with Crippen LogP contribution in [0.4, 0.5) is 5.69 Å². The molecule has 0 bridgehead atoms. The number of aryl methyl sites for hydroxylation is 1. The fourth-order valence-electron chi connectivity index (χ4n) is 2.20. The zero-order valence-electron chi connectivity index (χ0n) is 10.6. The van der Waals surface area contributed by atoms with Crippen molar-refractivity contribution in [2.45, 2.75) is 32.4 Å². The van der Waals surface area contributed by atoms with Crippen LogP contribution >= 0.6 is 0 Å². The predicted octanol–water partition coefficient (Wildman–Crippen LogP) is 2.10. The summed E-state index contributed by atoms with van der Waals surface area (Å²) in [4.78, 5) is 2.37. The minimum absolute atomic E-state index is 0.104. The number of hydrogen-bond donors (Lipinski definition) is 1. The zero-order chi connectivity index (χ0) is 12.3. The molecule has 0 heterocycles. The number of ether oxygens (including phenoxy) is 1. The lowest BCUT2D eigenvalue weighted by atomic mass is 10.1. The van der Waals surface area contributed by atoms with Crippen LogP contribution in [0, 0.1) is 6.92 Å². The van der Waals surface area contributed by atoms with Crippen molar-refractivity contribution in [1.82, 2.24) is 0 Å². The Hall–Kier alpha value is -1.06. The van der Waals surface area contributed by atoms with E-state index in [1.54, 1.807) is 7.11 Å². The first kappa shape index (κ1) is 12.4. The average Bonchev–Trinajstić information content (AvgIpc) is 3.15. The number of nitrogens with zero attached hydrogens (tertiary/aromatic N) is 1. The SMILES string of the molecule is COCCN(c1ccc(C)cc1CO)C1CC1. The summed E-state index contributed by atoms with van der Waals surface area (Å²) in [7, 11) is 1.73. The van der Waals surface area contributed by atoms with Crippen LogP contribution in [0.3, 0.4) is 0 Å². The Bertz CT molecular complexity index is 374. The van der Waals surface area contributed by atoms with Gasteiger partial charge in [-0.3, -0.25) is 0 Å². The Morgan fingerprint density at radius 3 is 2.76 bits per heavy atom. The minimum Gasteiger partial charge on any atom is -0.392 e. The maximum absolute atomic E-state index is 9.46. The molecule has 0 amide bonds. The monoisotopic (exact) mass is 235 g/mol. The lowest BCUT2D eigenvalue weighted by Gasteiger charge is -2.26. The molecule has 0 unspecified atom stereocenters. The highest BCUT2D eigenvalue weighted by Crippen LogP contribution is 2.33. The molecule has 3 nitrogen and oxygen atoms in total. The molecule has 1 aliphatic rings. The van der Waals surface area contributed by atoms with Crippen LogP contribution in [0.2, 0.25) is 0 Å². The summed E-state index contributed by atoms with van der Waals surface area (Å²) in [6, 6.07) is 6.93. The standard InChI is InChI=1S/C14H21NO2/c1-11-3-6-14(12(9-11)10-16)15(7-8-17-2)13-4-5-13/h3,6,9,13,16H,4-5,7-8,10H2,1-2H3. The van der Waals surface area contributed by atoms with Crippen LogP contribution in [0.25, 0.3) is 0 Å². The molecule has 1 aromatic rings. The fraction of sp³-hybridized carbons (Fsp3) is 0.571. The van der Waals surface area contributed by atoms with Crippen LogP contribution < -0.4 is 4.90 Å². The van der Waals surface area contributed by atoms with Crippen LogP contribution in [0.15, 0.2) is 18.2 Å². The smallest absolute Gasteiger partial charge is 0.0702 e. The van der Waals surface area contributed by atoms with Crippen molar-refractivity contribution in [3.05, 3.63) is 29.3 Å². The van der Waals surface area contributed by atoms with E-state index in [1.807, 2.05) is 0 Å². The van der Waals surface area contributed by atoms with Crippen molar-refractivity contribution >= 4 is 5.69 Å². The number of rotatable bonds is 6. The van der Waals surface area contributed by atoms with E-state index in [0.717, 1.165) is 24.4 Å². The third kappa shape index (κ3) is 2.99. The Morgan fingerprint density at radius 1 is 1.41 bits per heavy atom. The van der Waals surface area contributed by atoms with E-state index in [9.17, 15) is 5.11 Å². The van der Waals surface area contributed by atoms with Gasteiger partial charge in [-0.2, -0.15) is 0 Å². The molecule has 1 aliphatic carbocycles. The first-order valence-electron chi connectivity index (χ1n) is 6.22. The predicted molar refractivity (Wildman–Crippen MR) is 69.3 cm³/mol. The number of aliphatic hydroxyl groups excluding tert-OH is 1. The zero-order valence-corrected chi connectivity index (χ0v) is 10.6. The van der Waals surface area contributed by atoms with Crippen molar-refractivity contribution in [2.75, 3.05) is 25.2 Å². The quantitative estimate of drug-likeness (QED) is 0.819. The Balaban J connectivity index is 2.21. The highest BCUT2D eigenvalue weighted by molar-refractivity contribution is 5.56. The number of anilines is 1. The van der Waals surface area contributed by atoms with Crippen molar-refractivity contribution in [3.8, 4) is 0 Å². The molecule has 1 aromatic carbocycles. The molecule has 94 valence electrons. The van der Waals surface area contributed by atoms with Crippen molar-refractivity contribution in [2.24, 2.45) is 0 Å². The lowest BCUT2D eigenvalue weighted by molar-refractivity contribution is 0.204. The second-order valence-corrected chi connectivity index (χ2v) is 4.71.